The molecule has 5 heteroatoms. The van der Waals surface area contributed by atoms with Gasteiger partial charge in [0.2, 0.25) is 5.91 Å². The molecule has 1 aliphatic carbocycles. The summed E-state index contributed by atoms with van der Waals surface area (Å²) in [6, 6.07) is 2.27. The predicted octanol–water partition coefficient (Wildman–Crippen LogP) is 4.09. The Kier molecular flexibility index (Phi) is 5.45. The number of nitriles is 1. The molecule has 0 saturated carbocycles. The predicted molar refractivity (Wildman–Crippen MR) is 83.4 cm³/mol. The average molecular weight is 311 g/mol. The molecule has 1 aromatic rings. The molecule has 0 bridgehead atoms. The number of thiophene rings is 1. The molecular formula is C15H19ClN2OS. The van der Waals surface area contributed by atoms with Crippen LogP contribution >= 0.6 is 22.9 Å². The van der Waals surface area contributed by atoms with Crippen molar-refractivity contribution in [2.45, 2.75) is 45.4 Å². The highest BCUT2D eigenvalue weighted by Gasteiger charge is 2.25. The van der Waals surface area contributed by atoms with E-state index in [2.05, 4.69) is 18.3 Å². The zero-order valence-electron chi connectivity index (χ0n) is 11.7. The molecule has 1 aliphatic rings. The molecule has 2 rings (SSSR count). The number of anilines is 1. The molecule has 108 valence electrons. The van der Waals surface area contributed by atoms with E-state index < -0.39 is 0 Å². The molecule has 0 saturated heterocycles. The summed E-state index contributed by atoms with van der Waals surface area (Å²) < 4.78 is 0. The maximum atomic E-state index is 11.8. The van der Waals surface area contributed by atoms with E-state index in [1.54, 1.807) is 11.3 Å². The van der Waals surface area contributed by atoms with Crippen LogP contribution in [0.3, 0.4) is 0 Å². The molecule has 0 radical (unpaired) electrons. The van der Waals surface area contributed by atoms with Gasteiger partial charge in [0.05, 0.1) is 5.56 Å². The van der Waals surface area contributed by atoms with Crippen LogP contribution in [-0.4, -0.2) is 11.8 Å². The summed E-state index contributed by atoms with van der Waals surface area (Å²) in [7, 11) is 0. The minimum absolute atomic E-state index is 0.0483. The summed E-state index contributed by atoms with van der Waals surface area (Å²) >= 11 is 7.17. The van der Waals surface area contributed by atoms with Crippen molar-refractivity contribution < 1.29 is 4.79 Å². The molecule has 1 unspecified atom stereocenters. The number of nitrogens with zero attached hydrogens (tertiary/aromatic N) is 1. The summed E-state index contributed by atoms with van der Waals surface area (Å²) in [5, 5.41) is 13.0. The molecule has 1 heterocycles. The van der Waals surface area contributed by atoms with Crippen LogP contribution in [0.1, 0.15) is 48.6 Å². The fraction of sp³-hybridized carbons (Fsp3) is 0.600. The number of alkyl halides is 1. The van der Waals surface area contributed by atoms with Crippen LogP contribution in [0, 0.1) is 17.2 Å². The van der Waals surface area contributed by atoms with Crippen LogP contribution in [0.25, 0.3) is 0 Å². The number of nitrogens with one attached hydrogen (secondary N) is 1. The second kappa shape index (κ2) is 7.10. The molecule has 3 nitrogen and oxygen atoms in total. The van der Waals surface area contributed by atoms with Gasteiger partial charge in [0.25, 0.3) is 0 Å². The van der Waals surface area contributed by atoms with Crippen molar-refractivity contribution in [2.24, 2.45) is 5.92 Å². The number of amides is 1. The topological polar surface area (TPSA) is 52.9 Å². The number of hydrogen-bond acceptors (Lipinski definition) is 3. The second-order valence-corrected chi connectivity index (χ2v) is 6.66. The van der Waals surface area contributed by atoms with Crippen molar-refractivity contribution in [2.75, 3.05) is 11.2 Å². The fourth-order valence-electron chi connectivity index (χ4n) is 2.63. The van der Waals surface area contributed by atoms with Crippen LogP contribution in [0.2, 0.25) is 0 Å². The number of fused-ring (bicyclic) bond motifs is 1. The third-order valence-electron chi connectivity index (χ3n) is 3.85. The summed E-state index contributed by atoms with van der Waals surface area (Å²) in [5.41, 5.74) is 1.84. The van der Waals surface area contributed by atoms with Crippen molar-refractivity contribution in [3.05, 3.63) is 16.0 Å². The van der Waals surface area contributed by atoms with Gasteiger partial charge in [-0.05, 0) is 37.2 Å². The lowest BCUT2D eigenvalue weighted by Crippen LogP contribution is -2.12. The molecular weight excluding hydrogens is 292 g/mol. The number of rotatable bonds is 5. The maximum Gasteiger partial charge on any atom is 0.225 e. The van der Waals surface area contributed by atoms with E-state index in [1.807, 2.05) is 0 Å². The Labute approximate surface area is 128 Å². The van der Waals surface area contributed by atoms with E-state index in [1.165, 1.54) is 11.3 Å². The summed E-state index contributed by atoms with van der Waals surface area (Å²) in [6.45, 7) is 2.21. The van der Waals surface area contributed by atoms with Crippen molar-refractivity contribution in [1.82, 2.24) is 0 Å². The minimum atomic E-state index is -0.0483. The SMILES string of the molecule is CCC1CCc2c(sc(NC(=O)CCCCl)c2C#N)C1. The third-order valence-corrected chi connectivity index (χ3v) is 5.28. The fourth-order valence-corrected chi connectivity index (χ4v) is 4.09. The highest BCUT2D eigenvalue weighted by Crippen LogP contribution is 2.40. The van der Waals surface area contributed by atoms with Crippen LogP contribution in [0.4, 0.5) is 5.00 Å². The lowest BCUT2D eigenvalue weighted by atomic mass is 9.86. The van der Waals surface area contributed by atoms with Crippen molar-refractivity contribution >= 4 is 33.8 Å². The van der Waals surface area contributed by atoms with Crippen LogP contribution < -0.4 is 5.32 Å². The molecule has 0 aromatic carbocycles. The van der Waals surface area contributed by atoms with Gasteiger partial charge >= 0.3 is 0 Å². The van der Waals surface area contributed by atoms with E-state index in [-0.39, 0.29) is 5.91 Å². The number of halogens is 1. The van der Waals surface area contributed by atoms with Gasteiger partial charge in [0.1, 0.15) is 11.1 Å². The quantitative estimate of drug-likeness (QED) is 0.833. The van der Waals surface area contributed by atoms with Gasteiger partial charge < -0.3 is 5.32 Å². The van der Waals surface area contributed by atoms with Gasteiger partial charge in [-0.1, -0.05) is 13.3 Å². The van der Waals surface area contributed by atoms with Crippen molar-refractivity contribution in [1.29, 1.82) is 5.26 Å². The number of carbonyl (C=O) groups excluding carboxylic acids is 1. The number of carbonyl (C=O) groups is 1. The molecule has 1 aromatic heterocycles. The Balaban J connectivity index is 2.16. The second-order valence-electron chi connectivity index (χ2n) is 5.18. The molecule has 1 amide bonds. The summed E-state index contributed by atoms with van der Waals surface area (Å²) in [4.78, 5) is 13.1. The molecule has 0 fully saturated rings. The highest BCUT2D eigenvalue weighted by atomic mass is 35.5. The third kappa shape index (κ3) is 3.34. The first kappa shape index (κ1) is 15.3. The first-order chi connectivity index (χ1) is 9.69. The lowest BCUT2D eigenvalue weighted by molar-refractivity contribution is -0.116. The Morgan fingerprint density at radius 3 is 3.05 bits per heavy atom. The molecule has 0 aliphatic heterocycles. The van der Waals surface area contributed by atoms with E-state index >= 15 is 0 Å². The molecule has 20 heavy (non-hydrogen) atoms. The summed E-state index contributed by atoms with van der Waals surface area (Å²) in [6.07, 6.45) is 5.41. The normalized spacial score (nSPS) is 17.4. The van der Waals surface area contributed by atoms with Crippen molar-refractivity contribution in [3.63, 3.8) is 0 Å². The monoisotopic (exact) mass is 310 g/mol. The molecule has 0 spiro atoms. The van der Waals surface area contributed by atoms with Gasteiger partial charge in [-0.25, -0.2) is 0 Å². The zero-order chi connectivity index (χ0) is 14.5. The maximum absolute atomic E-state index is 11.8. The minimum Gasteiger partial charge on any atom is -0.317 e. The largest absolute Gasteiger partial charge is 0.317 e. The average Bonchev–Trinajstić information content (AvgIpc) is 2.80. The molecule has 1 atom stereocenters. The van der Waals surface area contributed by atoms with Gasteiger partial charge in [-0.2, -0.15) is 5.26 Å². The van der Waals surface area contributed by atoms with Gasteiger partial charge in [-0.15, -0.1) is 22.9 Å². The van der Waals surface area contributed by atoms with Crippen LogP contribution in [-0.2, 0) is 17.6 Å². The van der Waals surface area contributed by atoms with Crippen LogP contribution in [0.15, 0.2) is 0 Å². The van der Waals surface area contributed by atoms with E-state index in [0.717, 1.165) is 29.8 Å². The Morgan fingerprint density at radius 1 is 1.60 bits per heavy atom. The first-order valence-electron chi connectivity index (χ1n) is 7.10. The number of hydrogen-bond donors (Lipinski definition) is 1. The van der Waals surface area contributed by atoms with E-state index in [9.17, 15) is 10.1 Å². The first-order valence-corrected chi connectivity index (χ1v) is 8.45. The van der Waals surface area contributed by atoms with Gasteiger partial charge in [-0.3, -0.25) is 4.79 Å². The van der Waals surface area contributed by atoms with Crippen molar-refractivity contribution in [3.8, 4) is 6.07 Å². The van der Waals surface area contributed by atoms with Gasteiger partial charge in [0, 0.05) is 17.2 Å². The highest BCUT2D eigenvalue weighted by molar-refractivity contribution is 7.16. The van der Waals surface area contributed by atoms with E-state index in [0.29, 0.717) is 30.2 Å². The smallest absolute Gasteiger partial charge is 0.225 e. The Bertz CT molecular complexity index is 533. The standard InChI is InChI=1S/C15H19ClN2OS/c1-2-10-5-6-11-12(9-17)15(20-13(11)8-10)18-14(19)4-3-7-16/h10H,2-8H2,1H3,(H,18,19). The zero-order valence-corrected chi connectivity index (χ0v) is 13.2. The summed E-state index contributed by atoms with van der Waals surface area (Å²) in [5.74, 6) is 1.15. The lowest BCUT2D eigenvalue weighted by Gasteiger charge is -2.20. The Morgan fingerprint density at radius 2 is 2.40 bits per heavy atom. The van der Waals surface area contributed by atoms with Gasteiger partial charge in [0.15, 0.2) is 0 Å². The van der Waals surface area contributed by atoms with E-state index in [4.69, 9.17) is 11.6 Å². The molecule has 1 N–H and O–H groups in total. The Hall–Kier alpha value is -1.05. The van der Waals surface area contributed by atoms with Crippen LogP contribution in [0.5, 0.6) is 0 Å².